The molecule has 1 fully saturated rings. The Balaban J connectivity index is 1.44. The molecule has 6 heteroatoms. The molecule has 1 atom stereocenters. The van der Waals surface area contributed by atoms with Crippen LogP contribution in [0.25, 0.3) is 0 Å². The first-order valence-electron chi connectivity index (χ1n) is 8.82. The zero-order chi connectivity index (χ0) is 18.1. The normalized spacial score (nSPS) is 19.7. The maximum Gasteiger partial charge on any atom is 0.254 e. The highest BCUT2D eigenvalue weighted by Gasteiger charge is 2.26. The monoisotopic (exact) mass is 367 g/mol. The molecule has 0 unspecified atom stereocenters. The smallest absolute Gasteiger partial charge is 0.254 e. The summed E-state index contributed by atoms with van der Waals surface area (Å²) in [6.07, 6.45) is 0. The van der Waals surface area contributed by atoms with E-state index >= 15 is 0 Å². The molecule has 0 spiro atoms. The van der Waals surface area contributed by atoms with Gasteiger partial charge in [0.25, 0.3) is 5.91 Å². The summed E-state index contributed by atoms with van der Waals surface area (Å²) in [4.78, 5) is 29.9. The first-order chi connectivity index (χ1) is 12.6. The van der Waals surface area contributed by atoms with Crippen molar-refractivity contribution < 1.29 is 9.59 Å². The largest absolute Gasteiger partial charge is 0.368 e. The number of hydrogen-bond acceptors (Lipinski definition) is 4. The van der Waals surface area contributed by atoms with E-state index in [0.29, 0.717) is 18.7 Å². The number of benzene rings is 2. The van der Waals surface area contributed by atoms with Crippen LogP contribution >= 0.6 is 11.8 Å². The number of amides is 2. The summed E-state index contributed by atoms with van der Waals surface area (Å²) in [5, 5.41) is 2.80. The van der Waals surface area contributed by atoms with E-state index in [9.17, 15) is 9.59 Å². The lowest BCUT2D eigenvalue weighted by Gasteiger charge is -2.36. The molecule has 1 N–H and O–H groups in total. The van der Waals surface area contributed by atoms with Crippen molar-refractivity contribution >= 4 is 35.0 Å². The Labute approximate surface area is 157 Å². The second-order valence-electron chi connectivity index (χ2n) is 6.58. The van der Waals surface area contributed by atoms with Gasteiger partial charge in [-0.1, -0.05) is 18.2 Å². The molecule has 2 aliphatic heterocycles. The van der Waals surface area contributed by atoms with E-state index in [1.807, 2.05) is 42.2 Å². The molecule has 2 aliphatic rings. The van der Waals surface area contributed by atoms with Gasteiger partial charge >= 0.3 is 0 Å². The Hall–Kier alpha value is -2.47. The van der Waals surface area contributed by atoms with Gasteiger partial charge in [0.15, 0.2) is 0 Å². The third kappa shape index (κ3) is 3.29. The third-order valence-electron chi connectivity index (χ3n) is 4.85. The van der Waals surface area contributed by atoms with Crippen LogP contribution in [0, 0.1) is 0 Å². The molecule has 1 saturated heterocycles. The standard InChI is InChI=1S/C20H21N3O2S/c1-14-19(24)21-17-13-15(7-8-18(17)26-14)20(25)23-11-9-22(10-12-23)16-5-3-2-4-6-16/h2-8,13-14H,9-12H2,1H3,(H,21,24)/t14-/m1/s1. The van der Waals surface area contributed by atoms with Crippen LogP contribution in [0.2, 0.25) is 0 Å². The van der Waals surface area contributed by atoms with Crippen molar-refractivity contribution in [3.05, 3.63) is 54.1 Å². The molecule has 26 heavy (non-hydrogen) atoms. The molecule has 0 bridgehead atoms. The van der Waals surface area contributed by atoms with Gasteiger partial charge in [-0.15, -0.1) is 11.8 Å². The number of rotatable bonds is 2. The van der Waals surface area contributed by atoms with E-state index in [2.05, 4.69) is 22.3 Å². The van der Waals surface area contributed by atoms with E-state index < -0.39 is 0 Å². The number of thioether (sulfide) groups is 1. The summed E-state index contributed by atoms with van der Waals surface area (Å²) in [6, 6.07) is 15.9. The number of piperazine rings is 1. The Bertz CT molecular complexity index is 832. The van der Waals surface area contributed by atoms with Crippen molar-refractivity contribution in [1.29, 1.82) is 0 Å². The predicted octanol–water partition coefficient (Wildman–Crippen LogP) is 3.08. The zero-order valence-corrected chi connectivity index (χ0v) is 15.5. The van der Waals surface area contributed by atoms with E-state index in [1.165, 1.54) is 17.4 Å². The van der Waals surface area contributed by atoms with Gasteiger partial charge in [-0.2, -0.15) is 0 Å². The quantitative estimate of drug-likeness (QED) is 0.886. The number of hydrogen-bond donors (Lipinski definition) is 1. The second kappa shape index (κ2) is 7.03. The lowest BCUT2D eigenvalue weighted by atomic mass is 10.1. The van der Waals surface area contributed by atoms with Gasteiger partial charge in [0.2, 0.25) is 5.91 Å². The molecule has 0 aliphatic carbocycles. The zero-order valence-electron chi connectivity index (χ0n) is 14.6. The van der Waals surface area contributed by atoms with Crippen molar-refractivity contribution in [3.8, 4) is 0 Å². The van der Waals surface area contributed by atoms with Gasteiger partial charge < -0.3 is 15.1 Å². The fraction of sp³-hybridized carbons (Fsp3) is 0.300. The van der Waals surface area contributed by atoms with Gasteiger partial charge in [0, 0.05) is 42.3 Å². The molecule has 0 saturated carbocycles. The first-order valence-corrected chi connectivity index (χ1v) is 9.70. The molecule has 2 aromatic rings. The highest BCUT2D eigenvalue weighted by atomic mass is 32.2. The molecular weight excluding hydrogens is 346 g/mol. The number of para-hydroxylation sites is 1. The number of carbonyl (C=O) groups is 2. The van der Waals surface area contributed by atoms with Gasteiger partial charge in [0.05, 0.1) is 10.9 Å². The molecule has 2 amide bonds. The second-order valence-corrected chi connectivity index (χ2v) is 7.96. The maximum atomic E-state index is 12.9. The first kappa shape index (κ1) is 17.0. The van der Waals surface area contributed by atoms with Gasteiger partial charge in [-0.25, -0.2) is 0 Å². The summed E-state index contributed by atoms with van der Waals surface area (Å²) in [7, 11) is 0. The van der Waals surface area contributed by atoms with Crippen LogP contribution < -0.4 is 10.2 Å². The van der Waals surface area contributed by atoms with Gasteiger partial charge in [0.1, 0.15) is 0 Å². The summed E-state index contributed by atoms with van der Waals surface area (Å²) in [5.41, 5.74) is 2.57. The number of nitrogens with zero attached hydrogens (tertiary/aromatic N) is 2. The number of nitrogens with one attached hydrogen (secondary N) is 1. The van der Waals surface area contributed by atoms with Crippen molar-refractivity contribution in [2.45, 2.75) is 17.1 Å². The molecule has 2 heterocycles. The summed E-state index contributed by atoms with van der Waals surface area (Å²) < 4.78 is 0. The van der Waals surface area contributed by atoms with Crippen molar-refractivity contribution in [2.24, 2.45) is 0 Å². The van der Waals surface area contributed by atoms with Crippen LogP contribution in [-0.4, -0.2) is 48.1 Å². The third-order valence-corrected chi connectivity index (χ3v) is 6.02. The van der Waals surface area contributed by atoms with E-state index in [1.54, 1.807) is 6.07 Å². The Morgan fingerprint density at radius 3 is 2.54 bits per heavy atom. The molecule has 5 nitrogen and oxygen atoms in total. The average Bonchev–Trinajstić information content (AvgIpc) is 2.69. The van der Waals surface area contributed by atoms with Crippen LogP contribution in [0.5, 0.6) is 0 Å². The lowest BCUT2D eigenvalue weighted by molar-refractivity contribution is -0.115. The van der Waals surface area contributed by atoms with Crippen molar-refractivity contribution in [2.75, 3.05) is 36.4 Å². The summed E-state index contributed by atoms with van der Waals surface area (Å²) in [5.74, 6) is 0.0157. The molecule has 4 rings (SSSR count). The Morgan fingerprint density at radius 2 is 1.81 bits per heavy atom. The Morgan fingerprint density at radius 1 is 1.08 bits per heavy atom. The minimum Gasteiger partial charge on any atom is -0.368 e. The molecule has 0 radical (unpaired) electrons. The minimum absolute atomic E-state index is 0.0106. The Kier molecular flexibility index (Phi) is 4.59. The summed E-state index contributed by atoms with van der Waals surface area (Å²) in [6.45, 7) is 4.93. The predicted molar refractivity (Wildman–Crippen MR) is 105 cm³/mol. The van der Waals surface area contributed by atoms with Crippen LogP contribution in [0.1, 0.15) is 17.3 Å². The van der Waals surface area contributed by atoms with E-state index in [-0.39, 0.29) is 17.1 Å². The molecular formula is C20H21N3O2S. The molecule has 134 valence electrons. The van der Waals surface area contributed by atoms with Crippen LogP contribution in [0.15, 0.2) is 53.4 Å². The average molecular weight is 367 g/mol. The van der Waals surface area contributed by atoms with E-state index in [4.69, 9.17) is 0 Å². The van der Waals surface area contributed by atoms with E-state index in [0.717, 1.165) is 23.7 Å². The fourth-order valence-electron chi connectivity index (χ4n) is 3.33. The lowest BCUT2D eigenvalue weighted by Crippen LogP contribution is -2.48. The van der Waals surface area contributed by atoms with Crippen LogP contribution in [0.4, 0.5) is 11.4 Å². The van der Waals surface area contributed by atoms with Crippen molar-refractivity contribution in [3.63, 3.8) is 0 Å². The van der Waals surface area contributed by atoms with Crippen LogP contribution in [0.3, 0.4) is 0 Å². The number of fused-ring (bicyclic) bond motifs is 1. The number of carbonyl (C=O) groups excluding carboxylic acids is 2. The highest BCUT2D eigenvalue weighted by Crippen LogP contribution is 2.36. The molecule has 0 aromatic heterocycles. The topological polar surface area (TPSA) is 52.7 Å². The SMILES string of the molecule is C[C@H]1Sc2ccc(C(=O)N3CCN(c4ccccc4)CC3)cc2NC1=O. The fourth-order valence-corrected chi connectivity index (χ4v) is 4.26. The van der Waals surface area contributed by atoms with Crippen molar-refractivity contribution in [1.82, 2.24) is 4.90 Å². The highest BCUT2D eigenvalue weighted by molar-refractivity contribution is 8.00. The maximum absolute atomic E-state index is 12.9. The minimum atomic E-state index is -0.102. The molecule has 2 aromatic carbocycles. The van der Waals surface area contributed by atoms with Crippen LogP contribution in [-0.2, 0) is 4.79 Å². The van der Waals surface area contributed by atoms with Gasteiger partial charge in [-0.05, 0) is 37.3 Å². The summed E-state index contributed by atoms with van der Waals surface area (Å²) >= 11 is 1.53. The van der Waals surface area contributed by atoms with Gasteiger partial charge in [-0.3, -0.25) is 9.59 Å². The number of anilines is 2.